The Morgan fingerprint density at radius 2 is 1.96 bits per heavy atom. The summed E-state index contributed by atoms with van der Waals surface area (Å²) in [5.41, 5.74) is 1.51. The zero-order valence-electron chi connectivity index (χ0n) is 15.7. The van der Waals surface area contributed by atoms with E-state index >= 15 is 0 Å². The topological polar surface area (TPSA) is 30.9 Å². The van der Waals surface area contributed by atoms with Gasteiger partial charge in [0, 0.05) is 31.1 Å². The van der Waals surface area contributed by atoms with Gasteiger partial charge in [-0.05, 0) is 46.9 Å². The lowest BCUT2D eigenvalue weighted by Gasteiger charge is -2.32. The van der Waals surface area contributed by atoms with Crippen molar-refractivity contribution in [3.63, 3.8) is 0 Å². The first-order chi connectivity index (χ1) is 10.9. The van der Waals surface area contributed by atoms with E-state index in [-0.39, 0.29) is 29.5 Å². The maximum atomic E-state index is 4.91. The fraction of sp³-hybridized carbons (Fsp3) is 0.632. The van der Waals surface area contributed by atoms with Crippen LogP contribution in [0.15, 0.2) is 35.3 Å². The maximum absolute atomic E-state index is 4.91. The molecule has 1 aliphatic heterocycles. The Morgan fingerprint density at radius 1 is 1.29 bits per heavy atom. The highest BCUT2D eigenvalue weighted by atomic mass is 127. The van der Waals surface area contributed by atoms with Crippen LogP contribution in [0.3, 0.4) is 0 Å². The number of likely N-dealkylation sites (tertiary alicyclic amines) is 1. The maximum Gasteiger partial charge on any atom is 0.194 e. The van der Waals surface area contributed by atoms with Crippen molar-refractivity contribution in [2.75, 3.05) is 40.3 Å². The Morgan fingerprint density at radius 3 is 2.54 bits per heavy atom. The smallest absolute Gasteiger partial charge is 0.194 e. The van der Waals surface area contributed by atoms with Gasteiger partial charge in [0.25, 0.3) is 0 Å². The van der Waals surface area contributed by atoms with Crippen LogP contribution in [0.25, 0.3) is 0 Å². The predicted molar refractivity (Wildman–Crippen MR) is 115 cm³/mol. The van der Waals surface area contributed by atoms with Crippen LogP contribution >= 0.6 is 24.0 Å². The summed E-state index contributed by atoms with van der Waals surface area (Å²) in [6.45, 7) is 10.4. The number of guanidine groups is 1. The first kappa shape index (κ1) is 21.2. The first-order valence-corrected chi connectivity index (χ1v) is 8.69. The van der Waals surface area contributed by atoms with Gasteiger partial charge in [-0.1, -0.05) is 30.3 Å². The quantitative estimate of drug-likeness (QED) is 0.429. The van der Waals surface area contributed by atoms with Crippen molar-refractivity contribution in [2.45, 2.75) is 38.6 Å². The zero-order valence-corrected chi connectivity index (χ0v) is 18.1. The van der Waals surface area contributed by atoms with Gasteiger partial charge in [-0.3, -0.25) is 4.99 Å². The molecular weight excluding hydrogens is 411 g/mol. The van der Waals surface area contributed by atoms with Crippen LogP contribution in [0.1, 0.15) is 38.7 Å². The molecule has 1 N–H and O–H groups in total. The first-order valence-electron chi connectivity index (χ1n) is 8.69. The summed E-state index contributed by atoms with van der Waals surface area (Å²) in [6.07, 6.45) is 1.20. The van der Waals surface area contributed by atoms with Gasteiger partial charge in [-0.25, -0.2) is 0 Å². The lowest BCUT2D eigenvalue weighted by atomic mass is 9.99. The highest BCUT2D eigenvalue weighted by Crippen LogP contribution is 2.27. The number of nitrogens with one attached hydrogen (secondary N) is 1. The van der Waals surface area contributed by atoms with Crippen molar-refractivity contribution in [1.29, 1.82) is 0 Å². The minimum absolute atomic E-state index is 0. The Kier molecular flexibility index (Phi) is 8.50. The molecule has 0 radical (unpaired) electrons. The van der Waals surface area contributed by atoms with Gasteiger partial charge in [0.05, 0.1) is 6.54 Å². The van der Waals surface area contributed by atoms with Gasteiger partial charge in [-0.15, -0.1) is 24.0 Å². The summed E-state index contributed by atoms with van der Waals surface area (Å²) in [5, 5.41) is 3.47. The number of likely N-dealkylation sites (N-methyl/N-ethyl adjacent to an activating group) is 1. The van der Waals surface area contributed by atoms with Crippen molar-refractivity contribution in [3.8, 4) is 0 Å². The molecule has 0 saturated carbocycles. The lowest BCUT2D eigenvalue weighted by Crippen LogP contribution is -2.44. The zero-order chi connectivity index (χ0) is 16.9. The number of halogens is 1. The third-order valence-electron chi connectivity index (χ3n) is 4.92. The van der Waals surface area contributed by atoms with Gasteiger partial charge in [0.2, 0.25) is 0 Å². The Bertz CT molecular complexity index is 513. The van der Waals surface area contributed by atoms with Crippen LogP contribution < -0.4 is 5.32 Å². The van der Waals surface area contributed by atoms with Crippen LogP contribution in [0.5, 0.6) is 0 Å². The van der Waals surface area contributed by atoms with E-state index < -0.39 is 0 Å². The highest BCUT2D eigenvalue weighted by Gasteiger charge is 2.27. The third-order valence-corrected chi connectivity index (χ3v) is 4.92. The molecule has 1 aliphatic rings. The fourth-order valence-corrected chi connectivity index (χ4v) is 2.79. The van der Waals surface area contributed by atoms with Gasteiger partial charge in [0.15, 0.2) is 5.96 Å². The average molecular weight is 444 g/mol. The number of aliphatic imine (C=N–C) groups is 1. The van der Waals surface area contributed by atoms with Crippen LogP contribution in [0.4, 0.5) is 0 Å². The number of hydrogen-bond donors (Lipinski definition) is 1. The molecule has 0 amide bonds. The van der Waals surface area contributed by atoms with Crippen molar-refractivity contribution < 1.29 is 0 Å². The molecule has 0 bridgehead atoms. The normalized spacial score (nSPS) is 18.7. The van der Waals surface area contributed by atoms with Crippen molar-refractivity contribution >= 4 is 29.9 Å². The van der Waals surface area contributed by atoms with Crippen molar-refractivity contribution in [1.82, 2.24) is 15.1 Å². The summed E-state index contributed by atoms with van der Waals surface area (Å²) in [7, 11) is 4.23. The second kappa shape index (κ2) is 9.61. The average Bonchev–Trinajstić information content (AvgIpc) is 3.02. The van der Waals surface area contributed by atoms with E-state index in [0.29, 0.717) is 5.92 Å². The van der Waals surface area contributed by atoms with Crippen molar-refractivity contribution in [3.05, 3.63) is 35.9 Å². The van der Waals surface area contributed by atoms with Crippen LogP contribution in [-0.2, 0) is 0 Å². The molecule has 1 aromatic carbocycles. The highest BCUT2D eigenvalue weighted by molar-refractivity contribution is 14.0. The molecule has 1 atom stereocenters. The molecule has 1 unspecified atom stereocenters. The SMILES string of the molecule is CCNC(=NCC(C)(C)N(C)C)N1CCC(c2ccccc2)C1.I. The van der Waals surface area contributed by atoms with Crippen molar-refractivity contribution in [2.24, 2.45) is 4.99 Å². The summed E-state index contributed by atoms with van der Waals surface area (Å²) in [5.74, 6) is 1.67. The molecule has 1 heterocycles. The Hall–Kier alpha value is -0.820. The molecule has 1 fully saturated rings. The lowest BCUT2D eigenvalue weighted by molar-refractivity contribution is 0.204. The third kappa shape index (κ3) is 5.62. The fourth-order valence-electron chi connectivity index (χ4n) is 2.79. The Balaban J connectivity index is 0.00000288. The number of nitrogens with zero attached hydrogens (tertiary/aromatic N) is 3. The van der Waals surface area contributed by atoms with E-state index in [1.165, 1.54) is 12.0 Å². The second-order valence-corrected chi connectivity index (χ2v) is 7.22. The van der Waals surface area contributed by atoms with Gasteiger partial charge < -0.3 is 15.1 Å². The minimum Gasteiger partial charge on any atom is -0.357 e. The van der Waals surface area contributed by atoms with E-state index in [9.17, 15) is 0 Å². The van der Waals surface area contributed by atoms with E-state index in [0.717, 1.165) is 32.1 Å². The molecular formula is C19H33IN4. The van der Waals surface area contributed by atoms with E-state index in [4.69, 9.17) is 4.99 Å². The molecule has 5 heteroatoms. The molecule has 0 aromatic heterocycles. The molecule has 1 aromatic rings. The Labute approximate surface area is 164 Å². The van der Waals surface area contributed by atoms with Crippen LogP contribution in [0.2, 0.25) is 0 Å². The number of benzene rings is 1. The minimum atomic E-state index is 0. The molecule has 2 rings (SSSR count). The number of hydrogen-bond acceptors (Lipinski definition) is 2. The van der Waals surface area contributed by atoms with Crippen LogP contribution in [0, 0.1) is 0 Å². The molecule has 24 heavy (non-hydrogen) atoms. The molecule has 4 nitrogen and oxygen atoms in total. The molecule has 0 aliphatic carbocycles. The van der Waals surface area contributed by atoms with E-state index in [2.05, 4.69) is 80.3 Å². The second-order valence-electron chi connectivity index (χ2n) is 7.22. The summed E-state index contributed by atoms with van der Waals surface area (Å²) < 4.78 is 0. The summed E-state index contributed by atoms with van der Waals surface area (Å²) in [4.78, 5) is 9.55. The van der Waals surface area contributed by atoms with E-state index in [1.807, 2.05) is 0 Å². The summed E-state index contributed by atoms with van der Waals surface area (Å²) >= 11 is 0. The predicted octanol–water partition coefficient (Wildman–Crippen LogP) is 3.40. The monoisotopic (exact) mass is 444 g/mol. The largest absolute Gasteiger partial charge is 0.357 e. The van der Waals surface area contributed by atoms with Gasteiger partial charge in [0.1, 0.15) is 0 Å². The van der Waals surface area contributed by atoms with Gasteiger partial charge in [-0.2, -0.15) is 0 Å². The molecule has 1 saturated heterocycles. The summed E-state index contributed by atoms with van der Waals surface area (Å²) in [6, 6.07) is 10.8. The number of rotatable bonds is 5. The standard InChI is InChI=1S/C19H32N4.HI/c1-6-20-18(21-15-19(2,3)22(4)5)23-13-12-17(14-23)16-10-8-7-9-11-16;/h7-11,17H,6,12-15H2,1-5H3,(H,20,21);1H. The van der Waals surface area contributed by atoms with E-state index in [1.54, 1.807) is 0 Å². The molecule has 0 spiro atoms. The van der Waals surface area contributed by atoms with Crippen LogP contribution in [-0.4, -0.2) is 61.6 Å². The molecule has 136 valence electrons. The van der Waals surface area contributed by atoms with Gasteiger partial charge >= 0.3 is 0 Å².